The minimum Gasteiger partial charge on any atom is -0.379 e. The Morgan fingerprint density at radius 2 is 1.70 bits per heavy atom. The first-order chi connectivity index (χ1) is 9.60. The maximum atomic E-state index is 6.04. The molecule has 2 atom stereocenters. The zero-order valence-corrected chi connectivity index (χ0v) is 13.1. The third kappa shape index (κ3) is 3.77. The topological polar surface area (TPSA) is 12.0 Å². The Labute approximate surface area is 127 Å². The van der Waals surface area contributed by atoms with Gasteiger partial charge in [-0.05, 0) is 54.7 Å². The summed E-state index contributed by atoms with van der Waals surface area (Å²) in [5.74, 6) is 0.620. The van der Waals surface area contributed by atoms with Gasteiger partial charge in [-0.1, -0.05) is 49.7 Å². The molecule has 0 aliphatic rings. The quantitative estimate of drug-likeness (QED) is 0.708. The molecule has 2 unspecified atom stereocenters. The highest BCUT2D eigenvalue weighted by Crippen LogP contribution is 2.24. The van der Waals surface area contributed by atoms with Gasteiger partial charge in [0.2, 0.25) is 0 Å². The molecule has 20 heavy (non-hydrogen) atoms. The zero-order chi connectivity index (χ0) is 14.5. The van der Waals surface area contributed by atoms with E-state index in [-0.39, 0.29) is 6.04 Å². The van der Waals surface area contributed by atoms with Crippen molar-refractivity contribution >= 4 is 17.3 Å². The van der Waals surface area contributed by atoms with Crippen LogP contribution in [0.15, 0.2) is 48.5 Å². The van der Waals surface area contributed by atoms with Crippen molar-refractivity contribution < 1.29 is 0 Å². The number of rotatable bonds is 5. The summed E-state index contributed by atoms with van der Waals surface area (Å²) in [6, 6.07) is 17.0. The summed E-state index contributed by atoms with van der Waals surface area (Å²) < 4.78 is 0. The third-order valence-corrected chi connectivity index (χ3v) is 4.06. The van der Waals surface area contributed by atoms with Gasteiger partial charge in [0.15, 0.2) is 0 Å². The first kappa shape index (κ1) is 14.9. The second-order valence-corrected chi connectivity index (χ2v) is 5.79. The van der Waals surface area contributed by atoms with Gasteiger partial charge in [0.05, 0.1) is 0 Å². The predicted octanol–water partition coefficient (Wildman–Crippen LogP) is 6.03. The van der Waals surface area contributed by atoms with Gasteiger partial charge in [0.25, 0.3) is 0 Å². The summed E-state index contributed by atoms with van der Waals surface area (Å²) in [5, 5.41) is 4.29. The second-order valence-electron chi connectivity index (χ2n) is 5.35. The third-order valence-electron chi connectivity index (χ3n) is 3.82. The fourth-order valence-corrected chi connectivity index (χ4v) is 2.45. The highest BCUT2D eigenvalue weighted by molar-refractivity contribution is 6.30. The summed E-state index contributed by atoms with van der Waals surface area (Å²) in [5.41, 5.74) is 3.74. The monoisotopic (exact) mass is 287 g/mol. The number of halogens is 1. The van der Waals surface area contributed by atoms with Crippen molar-refractivity contribution in [3.05, 3.63) is 64.7 Å². The van der Waals surface area contributed by atoms with E-state index >= 15 is 0 Å². The van der Waals surface area contributed by atoms with Crippen LogP contribution in [0, 0.1) is 0 Å². The zero-order valence-electron chi connectivity index (χ0n) is 12.4. The number of nitrogens with one attached hydrogen (secondary N) is 1. The van der Waals surface area contributed by atoms with E-state index in [0.717, 1.165) is 10.7 Å². The van der Waals surface area contributed by atoms with Gasteiger partial charge < -0.3 is 5.32 Å². The first-order valence-electron chi connectivity index (χ1n) is 7.22. The lowest BCUT2D eigenvalue weighted by Gasteiger charge is -2.17. The van der Waals surface area contributed by atoms with Crippen molar-refractivity contribution in [1.82, 2.24) is 0 Å². The highest BCUT2D eigenvalue weighted by Gasteiger charge is 2.07. The molecule has 1 N–H and O–H groups in total. The highest BCUT2D eigenvalue weighted by atomic mass is 35.5. The molecule has 2 aromatic carbocycles. The van der Waals surface area contributed by atoms with Gasteiger partial charge >= 0.3 is 0 Å². The number of hydrogen-bond donors (Lipinski definition) is 1. The smallest absolute Gasteiger partial charge is 0.0486 e. The maximum Gasteiger partial charge on any atom is 0.0486 e. The molecule has 0 saturated heterocycles. The van der Waals surface area contributed by atoms with Crippen molar-refractivity contribution in [3.63, 3.8) is 0 Å². The molecule has 1 nitrogen and oxygen atoms in total. The summed E-state index contributed by atoms with van der Waals surface area (Å²) in [6.45, 7) is 6.63. The summed E-state index contributed by atoms with van der Waals surface area (Å²) in [4.78, 5) is 0. The van der Waals surface area contributed by atoms with Gasteiger partial charge in [0, 0.05) is 16.8 Å². The van der Waals surface area contributed by atoms with Crippen LogP contribution < -0.4 is 5.32 Å². The van der Waals surface area contributed by atoms with Gasteiger partial charge in [-0.25, -0.2) is 0 Å². The van der Waals surface area contributed by atoms with Crippen LogP contribution in [0.3, 0.4) is 0 Å². The average Bonchev–Trinajstić information content (AvgIpc) is 2.47. The van der Waals surface area contributed by atoms with Gasteiger partial charge in [-0.15, -0.1) is 0 Å². The van der Waals surface area contributed by atoms with Crippen molar-refractivity contribution in [2.75, 3.05) is 5.32 Å². The molecule has 2 heteroatoms. The fraction of sp³-hybridized carbons (Fsp3) is 0.333. The molecule has 0 spiro atoms. The summed E-state index contributed by atoms with van der Waals surface area (Å²) >= 11 is 6.04. The Hall–Kier alpha value is -1.47. The SMILES string of the molecule is CCC(C)c1ccc(NC(C)c2cccc(Cl)c2)cc1. The van der Waals surface area contributed by atoms with Crippen molar-refractivity contribution in [2.24, 2.45) is 0 Å². The summed E-state index contributed by atoms with van der Waals surface area (Å²) in [7, 11) is 0. The molecule has 0 radical (unpaired) electrons. The van der Waals surface area contributed by atoms with Crippen molar-refractivity contribution in [3.8, 4) is 0 Å². The van der Waals surface area contributed by atoms with Crippen LogP contribution in [0.25, 0.3) is 0 Å². The molecule has 0 bridgehead atoms. The number of hydrogen-bond acceptors (Lipinski definition) is 1. The van der Waals surface area contributed by atoms with Crippen molar-refractivity contribution in [1.29, 1.82) is 0 Å². The van der Waals surface area contributed by atoms with Crippen LogP contribution in [0.1, 0.15) is 50.3 Å². The largest absolute Gasteiger partial charge is 0.379 e. The minimum absolute atomic E-state index is 0.239. The molecule has 2 aromatic rings. The van der Waals surface area contributed by atoms with E-state index in [1.165, 1.54) is 17.5 Å². The first-order valence-corrected chi connectivity index (χ1v) is 7.60. The van der Waals surface area contributed by atoms with Gasteiger partial charge in [0.1, 0.15) is 0 Å². The van der Waals surface area contributed by atoms with Crippen molar-refractivity contribution in [2.45, 2.75) is 39.2 Å². The Balaban J connectivity index is 2.06. The van der Waals surface area contributed by atoms with E-state index in [4.69, 9.17) is 11.6 Å². The van der Waals surface area contributed by atoms with Gasteiger partial charge in [-0.2, -0.15) is 0 Å². The molecule has 0 aliphatic carbocycles. The Morgan fingerprint density at radius 1 is 1.00 bits per heavy atom. The normalized spacial score (nSPS) is 13.8. The van der Waals surface area contributed by atoms with Crippen LogP contribution in [-0.4, -0.2) is 0 Å². The van der Waals surface area contributed by atoms with E-state index in [2.05, 4.69) is 56.4 Å². The predicted molar refractivity (Wildman–Crippen MR) is 88.6 cm³/mol. The average molecular weight is 288 g/mol. The van der Waals surface area contributed by atoms with Crippen LogP contribution in [0.2, 0.25) is 5.02 Å². The van der Waals surface area contributed by atoms with E-state index in [1.54, 1.807) is 0 Å². The molecule has 2 rings (SSSR count). The lowest BCUT2D eigenvalue weighted by Crippen LogP contribution is -2.06. The van der Waals surface area contributed by atoms with Crippen LogP contribution in [-0.2, 0) is 0 Å². The molecule has 0 fully saturated rings. The molecule has 106 valence electrons. The Morgan fingerprint density at radius 3 is 2.30 bits per heavy atom. The van der Waals surface area contributed by atoms with E-state index in [9.17, 15) is 0 Å². The molecule has 0 saturated carbocycles. The lowest BCUT2D eigenvalue weighted by atomic mass is 9.98. The summed E-state index contributed by atoms with van der Waals surface area (Å²) in [6.07, 6.45) is 1.17. The van der Waals surface area contributed by atoms with Crippen LogP contribution in [0.4, 0.5) is 5.69 Å². The number of benzene rings is 2. The Bertz CT molecular complexity index is 548. The fourth-order valence-electron chi connectivity index (χ4n) is 2.25. The molecule has 0 amide bonds. The van der Waals surface area contributed by atoms with E-state index < -0.39 is 0 Å². The standard InChI is InChI=1S/C18H22ClN/c1-4-13(2)15-8-10-18(11-9-15)20-14(3)16-6-5-7-17(19)12-16/h5-14,20H,4H2,1-3H3. The minimum atomic E-state index is 0.239. The molecular weight excluding hydrogens is 266 g/mol. The molecule has 0 aliphatic heterocycles. The molecule has 0 aromatic heterocycles. The molecule has 0 heterocycles. The van der Waals surface area contributed by atoms with E-state index in [0.29, 0.717) is 5.92 Å². The van der Waals surface area contributed by atoms with Crippen LogP contribution in [0.5, 0.6) is 0 Å². The Kier molecular flexibility index (Phi) is 5.08. The number of anilines is 1. The lowest BCUT2D eigenvalue weighted by molar-refractivity contribution is 0.733. The van der Waals surface area contributed by atoms with E-state index in [1.807, 2.05) is 18.2 Å². The maximum absolute atomic E-state index is 6.04. The second kappa shape index (κ2) is 6.81. The molecular formula is C18H22ClN. The van der Waals surface area contributed by atoms with Crippen LogP contribution >= 0.6 is 11.6 Å². The van der Waals surface area contributed by atoms with Gasteiger partial charge in [-0.3, -0.25) is 0 Å².